The maximum Gasteiger partial charge on any atom is 0.329 e. The summed E-state index contributed by atoms with van der Waals surface area (Å²) in [5.41, 5.74) is 18.5. The van der Waals surface area contributed by atoms with E-state index in [1.54, 1.807) is 68.4 Å². The number of hydrogen-bond donors (Lipinski definition) is 7. The van der Waals surface area contributed by atoms with Gasteiger partial charge in [-0.1, -0.05) is 74.5 Å². The summed E-state index contributed by atoms with van der Waals surface area (Å²) < 4.78 is 5.63. The van der Waals surface area contributed by atoms with Crippen LogP contribution in [0.15, 0.2) is 65.7 Å². The molecule has 8 atom stereocenters. The Balaban J connectivity index is 1.81. The lowest BCUT2D eigenvalue weighted by Gasteiger charge is -2.43. The number of nitrogens with one attached hydrogen (secondary N) is 3. The number of nitrogens with zero attached hydrogens (tertiary/aromatic N) is 3. The summed E-state index contributed by atoms with van der Waals surface area (Å²) in [7, 11) is 1.43. The number of esters is 1. The third kappa shape index (κ3) is 11.3. The van der Waals surface area contributed by atoms with Gasteiger partial charge in [-0.25, -0.2) is 4.79 Å². The Bertz CT molecular complexity index is 1720. The fourth-order valence-corrected chi connectivity index (χ4v) is 6.78. The molecule has 0 aromatic heterocycles. The number of hydrogen-bond acceptors (Lipinski definition) is 10. The lowest BCUT2D eigenvalue weighted by molar-refractivity contribution is -0.165. The molecular weight excluding hydrogens is 722 g/mol. The summed E-state index contributed by atoms with van der Waals surface area (Å²) in [5, 5.41) is 19.5. The Morgan fingerprint density at radius 2 is 1.43 bits per heavy atom. The molecule has 0 radical (unpaired) electrons. The molecule has 2 heterocycles. The number of guanidine groups is 1. The van der Waals surface area contributed by atoms with Crippen LogP contribution in [0, 0.1) is 5.92 Å². The largest absolute Gasteiger partial charge is 0.459 e. The van der Waals surface area contributed by atoms with E-state index in [4.69, 9.17) is 21.9 Å². The normalized spacial score (nSPS) is 27.3. The van der Waals surface area contributed by atoms with Gasteiger partial charge < -0.3 is 52.8 Å². The number of amides is 5. The number of ether oxygens (including phenoxy) is 1. The highest BCUT2D eigenvalue weighted by Crippen LogP contribution is 2.25. The zero-order chi connectivity index (χ0) is 41.1. The average Bonchev–Trinajstić information content (AvgIpc) is 3.16. The first-order valence-electron chi connectivity index (χ1n) is 18.9. The van der Waals surface area contributed by atoms with Crippen molar-refractivity contribution in [3.05, 3.63) is 71.8 Å². The average molecular weight is 778 g/mol. The second kappa shape index (κ2) is 19.9. The third-order valence-corrected chi connectivity index (χ3v) is 10.1. The van der Waals surface area contributed by atoms with Crippen molar-refractivity contribution in [2.75, 3.05) is 13.6 Å². The van der Waals surface area contributed by atoms with Crippen molar-refractivity contribution in [2.45, 2.75) is 108 Å². The Hall–Kier alpha value is -5.55. The Labute approximate surface area is 326 Å². The highest BCUT2D eigenvalue weighted by atomic mass is 16.5. The minimum atomic E-state index is -1.44. The molecule has 2 bridgehead atoms. The third-order valence-electron chi connectivity index (χ3n) is 10.1. The summed E-state index contributed by atoms with van der Waals surface area (Å²) in [4.78, 5) is 90.6. The van der Waals surface area contributed by atoms with Crippen LogP contribution in [0.3, 0.4) is 0 Å². The molecule has 2 aliphatic rings. The molecule has 4 rings (SSSR count). The molecular formula is C39H55N9O8. The smallest absolute Gasteiger partial charge is 0.329 e. The summed E-state index contributed by atoms with van der Waals surface area (Å²) in [6, 6.07) is 10.3. The number of aliphatic imine (C=N–C) groups is 1. The van der Waals surface area contributed by atoms with Gasteiger partial charge in [0.15, 0.2) is 5.96 Å². The van der Waals surface area contributed by atoms with Gasteiger partial charge in [-0.15, -0.1) is 0 Å². The van der Waals surface area contributed by atoms with Crippen LogP contribution in [0.1, 0.15) is 57.6 Å². The molecule has 0 aliphatic carbocycles. The number of rotatable bonds is 9. The molecule has 0 saturated carbocycles. The van der Waals surface area contributed by atoms with E-state index < -0.39 is 90.0 Å². The Morgan fingerprint density at radius 3 is 2.00 bits per heavy atom. The lowest BCUT2D eigenvalue weighted by atomic mass is 9.95. The zero-order valence-corrected chi connectivity index (χ0v) is 32.3. The predicted octanol–water partition coefficient (Wildman–Crippen LogP) is -0.955. The number of carbonyl (C=O) groups is 6. The van der Waals surface area contributed by atoms with Crippen LogP contribution in [0.4, 0.5) is 0 Å². The minimum Gasteiger partial charge on any atom is -0.459 e. The number of piperidine rings is 1. The highest BCUT2D eigenvalue weighted by Gasteiger charge is 2.45. The number of cyclic esters (lactones) is 1. The summed E-state index contributed by atoms with van der Waals surface area (Å²) in [6.45, 7) is 4.94. The van der Waals surface area contributed by atoms with E-state index >= 15 is 0 Å². The molecule has 17 nitrogen and oxygen atoms in total. The highest BCUT2D eigenvalue weighted by molar-refractivity contribution is 5.97. The van der Waals surface area contributed by atoms with E-state index in [9.17, 15) is 33.9 Å². The lowest BCUT2D eigenvalue weighted by Crippen LogP contribution is -2.65. The summed E-state index contributed by atoms with van der Waals surface area (Å²) in [6.07, 6.45) is -2.29. The van der Waals surface area contributed by atoms with Crippen LogP contribution >= 0.6 is 0 Å². The quantitative estimate of drug-likeness (QED) is 0.0706. The number of benzene rings is 2. The van der Waals surface area contributed by atoms with Crippen LogP contribution in [-0.4, -0.2) is 119 Å². The van der Waals surface area contributed by atoms with Crippen LogP contribution in [0.2, 0.25) is 0 Å². The number of aliphatic hydroxyl groups is 1. The SMILES string of the molecule is CC(C)C1NC(=O)C(Cc2ccccc2)N(C)C(=O)C(Cc2ccccc2)N2C(=O)C(CCC2O)NC(=O)C(CCCN=C(N)N)NC(=O)C(N)C(C)OC1=O. The van der Waals surface area contributed by atoms with E-state index in [2.05, 4.69) is 20.9 Å². The number of aliphatic hydroxyl groups excluding tert-OH is 1. The van der Waals surface area contributed by atoms with Gasteiger partial charge in [-0.3, -0.25) is 29.0 Å². The van der Waals surface area contributed by atoms with Gasteiger partial charge in [0.2, 0.25) is 29.5 Å². The van der Waals surface area contributed by atoms with E-state index in [1.165, 1.54) is 18.9 Å². The van der Waals surface area contributed by atoms with E-state index in [0.717, 1.165) is 4.90 Å². The van der Waals surface area contributed by atoms with Crippen molar-refractivity contribution in [2.24, 2.45) is 28.1 Å². The van der Waals surface area contributed by atoms with Gasteiger partial charge in [-0.05, 0) is 49.7 Å². The first kappa shape index (κ1) is 43.2. The summed E-state index contributed by atoms with van der Waals surface area (Å²) in [5.74, 6) is -5.13. The van der Waals surface area contributed by atoms with Gasteiger partial charge in [0.05, 0.1) is 0 Å². The summed E-state index contributed by atoms with van der Waals surface area (Å²) >= 11 is 0. The fourth-order valence-electron chi connectivity index (χ4n) is 6.78. The predicted molar refractivity (Wildman–Crippen MR) is 207 cm³/mol. The van der Waals surface area contributed by atoms with Crippen molar-refractivity contribution < 1.29 is 38.6 Å². The Morgan fingerprint density at radius 1 is 0.839 bits per heavy atom. The number of fused-ring (bicyclic) bond motifs is 2. The molecule has 2 aromatic rings. The molecule has 2 fully saturated rings. The van der Waals surface area contributed by atoms with E-state index in [-0.39, 0.29) is 51.0 Å². The van der Waals surface area contributed by atoms with Crippen molar-refractivity contribution in [1.29, 1.82) is 0 Å². The maximum atomic E-state index is 14.8. The fraction of sp³-hybridized carbons (Fsp3) is 0.513. The standard InChI is InChI=1S/C39H55N9O8/c1-22(2)32-38(55)56-23(3)31(40)35(52)44-26(16-11-19-43-39(41)42)33(50)45-27-17-18-30(49)48(36(27)53)29(21-25-14-9-6-10-15-25)37(54)47(4)28(34(51)46-32)20-24-12-7-5-8-13-24/h5-10,12-15,22-23,26-32,49H,11,16-21,40H2,1-4H3,(H,44,52)(H,45,50)(H,46,51)(H4,41,42,43). The number of nitrogens with two attached hydrogens (primary N) is 3. The number of carbonyl (C=O) groups excluding carboxylic acids is 6. The zero-order valence-electron chi connectivity index (χ0n) is 32.3. The topological polar surface area (TPSA) is 265 Å². The molecule has 2 aliphatic heterocycles. The molecule has 10 N–H and O–H groups in total. The van der Waals surface area contributed by atoms with Crippen molar-refractivity contribution >= 4 is 41.5 Å². The molecule has 56 heavy (non-hydrogen) atoms. The monoisotopic (exact) mass is 777 g/mol. The van der Waals surface area contributed by atoms with Gasteiger partial charge in [0, 0.05) is 26.4 Å². The van der Waals surface area contributed by atoms with E-state index in [1.807, 2.05) is 6.07 Å². The second-order valence-corrected chi connectivity index (χ2v) is 14.6. The second-order valence-electron chi connectivity index (χ2n) is 14.6. The van der Waals surface area contributed by atoms with Gasteiger partial charge in [-0.2, -0.15) is 0 Å². The first-order valence-corrected chi connectivity index (χ1v) is 18.9. The van der Waals surface area contributed by atoms with Crippen LogP contribution < -0.4 is 33.2 Å². The van der Waals surface area contributed by atoms with Gasteiger partial charge in [0.25, 0.3) is 0 Å². The minimum absolute atomic E-state index is 0.00628. The molecule has 2 saturated heterocycles. The van der Waals surface area contributed by atoms with Crippen LogP contribution in [-0.2, 0) is 46.3 Å². The van der Waals surface area contributed by atoms with Gasteiger partial charge in [0.1, 0.15) is 48.6 Å². The van der Waals surface area contributed by atoms with Crippen LogP contribution in [0.5, 0.6) is 0 Å². The number of likely N-dealkylation sites (N-methyl/N-ethyl adjacent to an activating group) is 1. The molecule has 304 valence electrons. The van der Waals surface area contributed by atoms with Crippen molar-refractivity contribution in [3.63, 3.8) is 0 Å². The molecule has 8 unspecified atom stereocenters. The Kier molecular flexibility index (Phi) is 15.3. The van der Waals surface area contributed by atoms with Gasteiger partial charge >= 0.3 is 5.97 Å². The van der Waals surface area contributed by atoms with E-state index in [0.29, 0.717) is 11.1 Å². The molecule has 0 spiro atoms. The molecule has 17 heteroatoms. The van der Waals surface area contributed by atoms with Crippen molar-refractivity contribution in [3.8, 4) is 0 Å². The first-order chi connectivity index (χ1) is 26.6. The molecule has 2 aromatic carbocycles. The van der Waals surface area contributed by atoms with Crippen LogP contribution in [0.25, 0.3) is 0 Å². The van der Waals surface area contributed by atoms with Crippen molar-refractivity contribution in [1.82, 2.24) is 25.8 Å². The maximum absolute atomic E-state index is 14.8. The molecule has 5 amide bonds.